The molecule has 0 aromatic heterocycles. The van der Waals surface area contributed by atoms with Gasteiger partial charge in [-0.1, -0.05) is 123 Å². The van der Waals surface area contributed by atoms with Gasteiger partial charge in [-0.05, 0) is 93.4 Å². The fourth-order valence-corrected chi connectivity index (χ4v) is 6.22. The van der Waals surface area contributed by atoms with Gasteiger partial charge in [-0.15, -0.1) is 0 Å². The van der Waals surface area contributed by atoms with Gasteiger partial charge in [0, 0.05) is 0 Å². The van der Waals surface area contributed by atoms with Crippen molar-refractivity contribution in [2.24, 2.45) is 0 Å². The number of methoxy groups -OCH3 is 2. The molecule has 0 saturated heterocycles. The van der Waals surface area contributed by atoms with Gasteiger partial charge in [0.1, 0.15) is 29.5 Å². The Kier molecular flexibility index (Phi) is 10.5. The Morgan fingerprint density at radius 2 is 1.04 bits per heavy atom. The Hall–Kier alpha value is -5.32. The third kappa shape index (κ3) is 7.30. The predicted molar refractivity (Wildman–Crippen MR) is 194 cm³/mol. The van der Waals surface area contributed by atoms with Crippen molar-refractivity contribution in [1.82, 2.24) is 0 Å². The summed E-state index contributed by atoms with van der Waals surface area (Å²) >= 11 is 0. The summed E-state index contributed by atoms with van der Waals surface area (Å²) in [7, 11) is 3.36. The molecule has 0 aliphatic heterocycles. The first-order chi connectivity index (χ1) is 23.6. The Morgan fingerprint density at radius 3 is 1.65 bits per heavy atom. The molecular weight excluding hydrogens is 592 g/mol. The molecule has 0 heterocycles. The van der Waals surface area contributed by atoms with Crippen LogP contribution in [-0.2, 0) is 30.0 Å². The fraction of sp³-hybridized carbons (Fsp3) is 0.182. The molecule has 0 amide bonds. The smallest absolute Gasteiger partial charge is 0.144 e. The van der Waals surface area contributed by atoms with Crippen molar-refractivity contribution >= 4 is 0 Å². The van der Waals surface area contributed by atoms with E-state index in [0.29, 0.717) is 13.2 Å². The molecule has 0 atom stereocenters. The van der Waals surface area contributed by atoms with Crippen molar-refractivity contribution in [1.29, 1.82) is 0 Å². The zero-order valence-corrected chi connectivity index (χ0v) is 27.9. The highest BCUT2D eigenvalue weighted by Crippen LogP contribution is 2.42. The van der Waals surface area contributed by atoms with Gasteiger partial charge < -0.3 is 18.9 Å². The van der Waals surface area contributed by atoms with Crippen molar-refractivity contribution in [2.75, 3.05) is 14.2 Å². The second kappa shape index (κ2) is 15.5. The molecule has 0 N–H and O–H groups in total. The second-order valence-electron chi connectivity index (χ2n) is 11.8. The van der Waals surface area contributed by atoms with Crippen LogP contribution in [-0.4, -0.2) is 14.2 Å². The van der Waals surface area contributed by atoms with Gasteiger partial charge in [0.15, 0.2) is 0 Å². The second-order valence-corrected chi connectivity index (χ2v) is 11.8. The SMILES string of the molecule is CCCc1ccccc1COc1ccc(-c2cccc(COC(c3ccccc3)(c3ccc(OC)cc3)c3ccc(OC)cc3)c2)cc1. The molecule has 0 saturated carbocycles. The highest BCUT2D eigenvalue weighted by atomic mass is 16.5. The zero-order chi connectivity index (χ0) is 33.2. The van der Waals surface area contributed by atoms with Crippen molar-refractivity contribution in [3.63, 3.8) is 0 Å². The summed E-state index contributed by atoms with van der Waals surface area (Å²) in [4.78, 5) is 0. The highest BCUT2D eigenvalue weighted by Gasteiger charge is 2.38. The van der Waals surface area contributed by atoms with Crippen molar-refractivity contribution in [3.8, 4) is 28.4 Å². The van der Waals surface area contributed by atoms with Gasteiger partial charge in [-0.25, -0.2) is 0 Å². The van der Waals surface area contributed by atoms with Crippen LogP contribution in [0.1, 0.15) is 46.7 Å². The first kappa shape index (κ1) is 32.6. The van der Waals surface area contributed by atoms with Crippen LogP contribution in [0.4, 0.5) is 0 Å². The van der Waals surface area contributed by atoms with Gasteiger partial charge in [0.05, 0.1) is 20.8 Å². The summed E-state index contributed by atoms with van der Waals surface area (Å²) in [5.74, 6) is 2.44. The molecule has 4 heteroatoms. The van der Waals surface area contributed by atoms with Crippen LogP contribution in [0, 0.1) is 0 Å². The maximum Gasteiger partial charge on any atom is 0.144 e. The number of ether oxygens (including phenoxy) is 4. The first-order valence-corrected chi connectivity index (χ1v) is 16.5. The van der Waals surface area contributed by atoms with Crippen molar-refractivity contribution in [3.05, 3.63) is 185 Å². The molecule has 0 aliphatic rings. The third-order valence-electron chi connectivity index (χ3n) is 8.78. The van der Waals surface area contributed by atoms with Gasteiger partial charge in [0.2, 0.25) is 0 Å². The number of benzene rings is 6. The molecule has 48 heavy (non-hydrogen) atoms. The summed E-state index contributed by atoms with van der Waals surface area (Å²) in [6, 6.07) is 52.1. The summed E-state index contributed by atoms with van der Waals surface area (Å²) in [5, 5.41) is 0. The Balaban J connectivity index is 1.27. The van der Waals surface area contributed by atoms with E-state index in [1.54, 1.807) is 14.2 Å². The normalized spacial score (nSPS) is 11.2. The quantitative estimate of drug-likeness (QED) is 0.112. The number of hydrogen-bond donors (Lipinski definition) is 0. The van der Waals surface area contributed by atoms with E-state index in [1.165, 1.54) is 11.1 Å². The van der Waals surface area contributed by atoms with E-state index in [2.05, 4.69) is 128 Å². The summed E-state index contributed by atoms with van der Waals surface area (Å²) < 4.78 is 24.3. The van der Waals surface area contributed by atoms with Gasteiger partial charge in [-0.2, -0.15) is 0 Å². The fourth-order valence-electron chi connectivity index (χ4n) is 6.22. The predicted octanol–water partition coefficient (Wildman–Crippen LogP) is 10.4. The largest absolute Gasteiger partial charge is 0.497 e. The molecule has 0 radical (unpaired) electrons. The van der Waals surface area contributed by atoms with Crippen molar-refractivity contribution < 1.29 is 18.9 Å². The number of hydrogen-bond acceptors (Lipinski definition) is 4. The van der Waals surface area contributed by atoms with E-state index >= 15 is 0 Å². The molecule has 6 rings (SSSR count). The first-order valence-electron chi connectivity index (χ1n) is 16.5. The van der Waals surface area contributed by atoms with E-state index in [0.717, 1.165) is 63.5 Å². The van der Waals surface area contributed by atoms with Gasteiger partial charge >= 0.3 is 0 Å². The van der Waals surface area contributed by atoms with E-state index in [4.69, 9.17) is 18.9 Å². The summed E-state index contributed by atoms with van der Waals surface area (Å²) in [5.41, 5.74) is 8.06. The van der Waals surface area contributed by atoms with Gasteiger partial charge in [-0.3, -0.25) is 0 Å². The number of rotatable bonds is 14. The van der Waals surface area contributed by atoms with Crippen LogP contribution in [0.5, 0.6) is 17.2 Å². The maximum absolute atomic E-state index is 7.13. The van der Waals surface area contributed by atoms with Crippen molar-refractivity contribution in [2.45, 2.75) is 38.6 Å². The highest BCUT2D eigenvalue weighted by molar-refractivity contribution is 5.65. The lowest BCUT2D eigenvalue weighted by molar-refractivity contribution is 0.000209. The molecule has 6 aromatic rings. The van der Waals surface area contributed by atoms with Crippen LogP contribution in [0.2, 0.25) is 0 Å². The molecule has 0 spiro atoms. The monoisotopic (exact) mass is 634 g/mol. The van der Waals surface area contributed by atoms with Gasteiger partial charge in [0.25, 0.3) is 0 Å². The minimum atomic E-state index is -0.884. The molecule has 0 aliphatic carbocycles. The minimum Gasteiger partial charge on any atom is -0.497 e. The third-order valence-corrected chi connectivity index (χ3v) is 8.78. The van der Waals surface area contributed by atoms with Crippen LogP contribution < -0.4 is 14.2 Å². The average molecular weight is 635 g/mol. The van der Waals surface area contributed by atoms with E-state index in [-0.39, 0.29) is 0 Å². The molecule has 242 valence electrons. The molecule has 6 aromatic carbocycles. The average Bonchev–Trinajstić information content (AvgIpc) is 3.16. The summed E-state index contributed by atoms with van der Waals surface area (Å²) in [6.45, 7) is 3.16. The minimum absolute atomic E-state index is 0.388. The van der Waals surface area contributed by atoms with Crippen LogP contribution >= 0.6 is 0 Å². The van der Waals surface area contributed by atoms with E-state index in [9.17, 15) is 0 Å². The molecule has 4 nitrogen and oxygen atoms in total. The van der Waals surface area contributed by atoms with Crippen LogP contribution in [0.15, 0.2) is 152 Å². The lowest BCUT2D eigenvalue weighted by Crippen LogP contribution is -2.32. The lowest BCUT2D eigenvalue weighted by Gasteiger charge is -2.36. The standard InChI is InChI=1S/C44H42O4/c1-4-11-34-13-8-9-14-37(34)32-47-43-24-18-35(19-25-43)36-15-10-12-33(30-36)31-48-44(38-16-6-5-7-17-38,39-20-26-41(45-2)27-21-39)40-22-28-42(46-3)29-23-40/h5-10,12-30H,4,11,31-32H2,1-3H3. The van der Waals surface area contributed by atoms with Crippen LogP contribution in [0.3, 0.4) is 0 Å². The van der Waals surface area contributed by atoms with Crippen LogP contribution in [0.25, 0.3) is 11.1 Å². The topological polar surface area (TPSA) is 36.9 Å². The molecule has 0 bridgehead atoms. The Bertz CT molecular complexity index is 1830. The molecule has 0 unspecified atom stereocenters. The summed E-state index contributed by atoms with van der Waals surface area (Å²) in [6.07, 6.45) is 2.18. The zero-order valence-electron chi connectivity index (χ0n) is 27.9. The lowest BCUT2D eigenvalue weighted by atomic mass is 9.80. The molecular formula is C44H42O4. The Morgan fingerprint density at radius 1 is 0.479 bits per heavy atom. The van der Waals surface area contributed by atoms with E-state index in [1.807, 2.05) is 30.3 Å². The van der Waals surface area contributed by atoms with E-state index < -0.39 is 5.60 Å². The number of aryl methyl sites for hydroxylation is 1. The molecule has 0 fully saturated rings. The Labute approximate surface area is 284 Å². The maximum atomic E-state index is 7.13.